The number of hydrogen-bond donors (Lipinski definition) is 2. The predicted octanol–water partition coefficient (Wildman–Crippen LogP) is 0.376. The van der Waals surface area contributed by atoms with E-state index >= 15 is 0 Å². The van der Waals surface area contributed by atoms with Gasteiger partial charge in [-0.25, -0.2) is 4.98 Å². The summed E-state index contributed by atoms with van der Waals surface area (Å²) in [6.45, 7) is 5.20. The summed E-state index contributed by atoms with van der Waals surface area (Å²) < 4.78 is 0. The highest BCUT2D eigenvalue weighted by atomic mass is 16.3. The van der Waals surface area contributed by atoms with E-state index in [-0.39, 0.29) is 18.4 Å². The number of anilines is 1. The van der Waals surface area contributed by atoms with Gasteiger partial charge < -0.3 is 10.0 Å². The van der Waals surface area contributed by atoms with Crippen molar-refractivity contribution in [2.75, 3.05) is 11.4 Å². The van der Waals surface area contributed by atoms with Crippen LogP contribution < -0.4 is 10.2 Å². The fourth-order valence-electron chi connectivity index (χ4n) is 1.95. The summed E-state index contributed by atoms with van der Waals surface area (Å²) in [7, 11) is 0. The van der Waals surface area contributed by atoms with Gasteiger partial charge in [0.05, 0.1) is 12.6 Å². The maximum Gasteiger partial charge on any atom is 0.251 e. The molecule has 0 radical (unpaired) electrons. The van der Waals surface area contributed by atoms with Gasteiger partial charge >= 0.3 is 0 Å². The first-order chi connectivity index (χ1) is 8.82. The Morgan fingerprint density at radius 1 is 1.42 bits per heavy atom. The molecule has 2 heterocycles. The van der Waals surface area contributed by atoms with Gasteiger partial charge in [0, 0.05) is 6.20 Å². The molecule has 1 fully saturated rings. The third-order valence-electron chi connectivity index (χ3n) is 3.31. The molecule has 19 heavy (non-hydrogen) atoms. The van der Waals surface area contributed by atoms with E-state index in [9.17, 15) is 14.7 Å². The lowest BCUT2D eigenvalue weighted by atomic mass is 9.98. The maximum absolute atomic E-state index is 11.8. The number of carbonyl (C=O) groups excluding carboxylic acids is 2. The average Bonchev–Trinajstić information content (AvgIpc) is 2.34. The van der Waals surface area contributed by atoms with Gasteiger partial charge in [0.2, 0.25) is 5.91 Å². The molecule has 2 amide bonds. The second-order valence-corrected chi connectivity index (χ2v) is 5.15. The van der Waals surface area contributed by atoms with Gasteiger partial charge in [0.1, 0.15) is 11.4 Å². The normalized spacial score (nSPS) is 20.1. The summed E-state index contributed by atoms with van der Waals surface area (Å²) in [5, 5.41) is 11.8. The van der Waals surface area contributed by atoms with Crippen LogP contribution in [-0.2, 0) is 9.59 Å². The molecule has 1 aliphatic rings. The molecule has 1 atom stereocenters. The van der Waals surface area contributed by atoms with E-state index < -0.39 is 11.6 Å². The zero-order valence-electron chi connectivity index (χ0n) is 11.2. The van der Waals surface area contributed by atoms with Crippen LogP contribution in [0, 0.1) is 0 Å². The van der Waals surface area contributed by atoms with Crippen molar-refractivity contribution in [3.8, 4) is 0 Å². The lowest BCUT2D eigenvalue weighted by Gasteiger charge is -2.40. The van der Waals surface area contributed by atoms with E-state index in [1.807, 2.05) is 0 Å². The molecule has 0 saturated carbocycles. The van der Waals surface area contributed by atoms with Crippen LogP contribution in [0.3, 0.4) is 0 Å². The Morgan fingerprint density at radius 3 is 2.63 bits per heavy atom. The van der Waals surface area contributed by atoms with Crippen LogP contribution in [-0.4, -0.2) is 34.0 Å². The molecule has 0 aromatic carbocycles. The molecular formula is C13H17N3O3. The van der Waals surface area contributed by atoms with Crippen molar-refractivity contribution in [3.63, 3.8) is 0 Å². The SMILES string of the molecule is C[C@H](O)c1ccc(N2CC(=O)NC(=O)C2(C)C)nc1. The lowest BCUT2D eigenvalue weighted by molar-refractivity contribution is -0.135. The van der Waals surface area contributed by atoms with Gasteiger partial charge in [-0.05, 0) is 32.4 Å². The molecule has 0 aliphatic carbocycles. The van der Waals surface area contributed by atoms with Crippen LogP contribution in [0.2, 0.25) is 0 Å². The lowest BCUT2D eigenvalue weighted by Crippen LogP contribution is -2.64. The molecule has 0 bridgehead atoms. The van der Waals surface area contributed by atoms with Crippen LogP contribution in [0.15, 0.2) is 18.3 Å². The summed E-state index contributed by atoms with van der Waals surface area (Å²) in [4.78, 5) is 29.2. The van der Waals surface area contributed by atoms with Gasteiger partial charge in [-0.2, -0.15) is 0 Å². The predicted molar refractivity (Wildman–Crippen MR) is 69.4 cm³/mol. The molecule has 0 unspecified atom stereocenters. The third-order valence-corrected chi connectivity index (χ3v) is 3.31. The van der Waals surface area contributed by atoms with E-state index in [4.69, 9.17) is 0 Å². The van der Waals surface area contributed by atoms with Crippen LogP contribution in [0.4, 0.5) is 5.82 Å². The quantitative estimate of drug-likeness (QED) is 0.754. The van der Waals surface area contributed by atoms with Gasteiger partial charge in [-0.1, -0.05) is 6.07 Å². The molecule has 2 rings (SSSR count). The molecule has 0 spiro atoms. The zero-order chi connectivity index (χ0) is 14.2. The first kappa shape index (κ1) is 13.5. The number of hydrogen-bond acceptors (Lipinski definition) is 5. The van der Waals surface area contributed by atoms with E-state index in [0.29, 0.717) is 11.4 Å². The van der Waals surface area contributed by atoms with Crippen molar-refractivity contribution >= 4 is 17.6 Å². The zero-order valence-corrected chi connectivity index (χ0v) is 11.2. The Bertz CT molecular complexity index is 508. The van der Waals surface area contributed by atoms with Crippen molar-refractivity contribution in [2.45, 2.75) is 32.4 Å². The number of aliphatic hydroxyl groups is 1. The molecule has 6 nitrogen and oxygen atoms in total. The Balaban J connectivity index is 2.33. The molecule has 6 heteroatoms. The fraction of sp³-hybridized carbons (Fsp3) is 0.462. The summed E-state index contributed by atoms with van der Waals surface area (Å²) in [6.07, 6.45) is 0.952. The highest BCUT2D eigenvalue weighted by Gasteiger charge is 2.41. The molecule has 1 aromatic heterocycles. The molecule has 1 saturated heterocycles. The Labute approximate surface area is 111 Å². The highest BCUT2D eigenvalue weighted by Crippen LogP contribution is 2.25. The average molecular weight is 263 g/mol. The minimum absolute atomic E-state index is 0.0831. The van der Waals surface area contributed by atoms with Gasteiger partial charge in [-0.15, -0.1) is 0 Å². The van der Waals surface area contributed by atoms with Crippen molar-refractivity contribution in [1.29, 1.82) is 0 Å². The summed E-state index contributed by atoms with van der Waals surface area (Å²) in [5.41, 5.74) is -0.151. The number of nitrogens with zero attached hydrogens (tertiary/aromatic N) is 2. The van der Waals surface area contributed by atoms with E-state index in [0.717, 1.165) is 0 Å². The highest BCUT2D eigenvalue weighted by molar-refractivity contribution is 6.06. The monoisotopic (exact) mass is 263 g/mol. The summed E-state index contributed by atoms with van der Waals surface area (Å²) in [5.74, 6) is -0.145. The number of imide groups is 1. The number of carbonyl (C=O) groups is 2. The topological polar surface area (TPSA) is 82.5 Å². The largest absolute Gasteiger partial charge is 0.389 e. The van der Waals surface area contributed by atoms with Crippen LogP contribution >= 0.6 is 0 Å². The first-order valence-corrected chi connectivity index (χ1v) is 6.08. The number of aliphatic hydroxyl groups excluding tert-OH is 1. The molecular weight excluding hydrogens is 246 g/mol. The molecule has 102 valence electrons. The van der Waals surface area contributed by atoms with Gasteiger partial charge in [0.15, 0.2) is 0 Å². The number of aromatic nitrogens is 1. The summed E-state index contributed by atoms with van der Waals surface area (Å²) >= 11 is 0. The van der Waals surface area contributed by atoms with Crippen molar-refractivity contribution < 1.29 is 14.7 Å². The van der Waals surface area contributed by atoms with Crippen LogP contribution in [0.1, 0.15) is 32.4 Å². The molecule has 2 N–H and O–H groups in total. The van der Waals surface area contributed by atoms with Crippen molar-refractivity contribution in [1.82, 2.24) is 10.3 Å². The number of piperazine rings is 1. The van der Waals surface area contributed by atoms with Gasteiger partial charge in [0.25, 0.3) is 5.91 Å². The first-order valence-electron chi connectivity index (χ1n) is 6.08. The summed E-state index contributed by atoms with van der Waals surface area (Å²) in [6, 6.07) is 3.44. The maximum atomic E-state index is 11.8. The third kappa shape index (κ3) is 2.44. The number of pyridine rings is 1. The second-order valence-electron chi connectivity index (χ2n) is 5.15. The Morgan fingerprint density at radius 2 is 2.11 bits per heavy atom. The molecule has 1 aliphatic heterocycles. The van der Waals surface area contributed by atoms with Gasteiger partial charge in [-0.3, -0.25) is 14.9 Å². The number of amides is 2. The smallest absolute Gasteiger partial charge is 0.251 e. The van der Waals surface area contributed by atoms with E-state index in [1.54, 1.807) is 44.0 Å². The fourth-order valence-corrected chi connectivity index (χ4v) is 1.95. The van der Waals surface area contributed by atoms with Crippen LogP contribution in [0.5, 0.6) is 0 Å². The van der Waals surface area contributed by atoms with Crippen LogP contribution in [0.25, 0.3) is 0 Å². The second kappa shape index (κ2) is 4.62. The Kier molecular flexibility index (Phi) is 3.28. The van der Waals surface area contributed by atoms with Crippen molar-refractivity contribution in [2.24, 2.45) is 0 Å². The number of nitrogens with one attached hydrogen (secondary N) is 1. The minimum Gasteiger partial charge on any atom is -0.389 e. The van der Waals surface area contributed by atoms with Crippen molar-refractivity contribution in [3.05, 3.63) is 23.9 Å². The van der Waals surface area contributed by atoms with E-state index in [2.05, 4.69) is 10.3 Å². The molecule has 1 aromatic rings. The number of rotatable bonds is 2. The van der Waals surface area contributed by atoms with E-state index in [1.165, 1.54) is 0 Å². The Hall–Kier alpha value is -1.95. The standard InChI is InChI=1S/C13H17N3O3/c1-8(17)9-4-5-10(14-6-9)16-7-11(18)15-12(19)13(16,2)3/h4-6,8,17H,7H2,1-3H3,(H,15,18,19)/t8-/m0/s1. The minimum atomic E-state index is -0.840.